The normalized spacial score (nSPS) is 16.8. The van der Waals surface area contributed by atoms with Gasteiger partial charge in [-0.15, -0.1) is 0 Å². The topological polar surface area (TPSA) is 67.2 Å². The molecule has 0 aromatic heterocycles. The maximum absolute atomic E-state index is 11.1. The van der Waals surface area contributed by atoms with Crippen molar-refractivity contribution in [3.8, 4) is 0 Å². The summed E-state index contributed by atoms with van der Waals surface area (Å²) < 4.78 is 0. The molecule has 18 heavy (non-hydrogen) atoms. The minimum atomic E-state index is -0.336. The van der Waals surface area contributed by atoms with E-state index in [9.17, 15) is 10.1 Å². The molecule has 0 unspecified atom stereocenters. The third-order valence-electron chi connectivity index (χ3n) is 3.75. The van der Waals surface area contributed by atoms with Gasteiger partial charge in [0.05, 0.1) is 4.92 Å². The zero-order valence-corrected chi connectivity index (χ0v) is 10.8. The van der Waals surface area contributed by atoms with Gasteiger partial charge in [0.25, 0.3) is 0 Å². The number of nitrogens with zero attached hydrogens (tertiary/aromatic N) is 1. The largest absolute Gasteiger partial charge is 0.382 e. The van der Waals surface area contributed by atoms with Crippen molar-refractivity contribution < 1.29 is 4.92 Å². The second kappa shape index (κ2) is 4.84. The summed E-state index contributed by atoms with van der Waals surface area (Å²) in [5, 5.41) is 17.2. The number of nitro benzene ring substituents is 1. The molecule has 0 aliphatic heterocycles. The van der Waals surface area contributed by atoms with E-state index >= 15 is 0 Å². The van der Waals surface area contributed by atoms with Crippen LogP contribution in [0.5, 0.6) is 0 Å². The van der Waals surface area contributed by atoms with E-state index in [-0.39, 0.29) is 10.6 Å². The average Bonchev–Trinajstić information content (AvgIpc) is 2.33. The summed E-state index contributed by atoms with van der Waals surface area (Å²) in [6, 6.07) is 5.31. The molecule has 1 aliphatic carbocycles. The number of hydrogen-bond donors (Lipinski definition) is 2. The molecule has 1 fully saturated rings. The van der Waals surface area contributed by atoms with Gasteiger partial charge >= 0.3 is 5.69 Å². The predicted octanol–water partition coefficient (Wildman–Crippen LogP) is 3.24. The highest BCUT2D eigenvalue weighted by Crippen LogP contribution is 2.41. The Labute approximate surface area is 107 Å². The van der Waals surface area contributed by atoms with Crippen LogP contribution in [0.3, 0.4) is 0 Å². The lowest BCUT2D eigenvalue weighted by Gasteiger charge is -2.38. The summed E-state index contributed by atoms with van der Waals surface area (Å²) in [5.74, 6) is 0. The summed E-state index contributed by atoms with van der Waals surface area (Å²) in [6.07, 6.45) is 3.65. The fraction of sp³-hybridized carbons (Fsp3) is 0.538. The van der Waals surface area contributed by atoms with Crippen molar-refractivity contribution in [1.29, 1.82) is 0 Å². The quantitative estimate of drug-likeness (QED) is 0.621. The van der Waals surface area contributed by atoms with Gasteiger partial charge in [0.15, 0.2) is 0 Å². The zero-order chi connectivity index (χ0) is 13.2. The van der Waals surface area contributed by atoms with Crippen molar-refractivity contribution in [3.05, 3.63) is 28.3 Å². The van der Waals surface area contributed by atoms with E-state index in [0.29, 0.717) is 16.8 Å². The van der Waals surface area contributed by atoms with E-state index in [0.717, 1.165) is 6.54 Å². The number of hydrogen-bond acceptors (Lipinski definition) is 4. The van der Waals surface area contributed by atoms with Gasteiger partial charge in [0, 0.05) is 13.6 Å². The van der Waals surface area contributed by atoms with Crippen molar-refractivity contribution in [1.82, 2.24) is 0 Å². The molecule has 0 atom stereocenters. The molecule has 1 aromatic rings. The predicted molar refractivity (Wildman–Crippen MR) is 73.1 cm³/mol. The van der Waals surface area contributed by atoms with E-state index in [1.807, 2.05) is 6.07 Å². The Morgan fingerprint density at radius 3 is 2.56 bits per heavy atom. The highest BCUT2D eigenvalue weighted by atomic mass is 16.6. The van der Waals surface area contributed by atoms with Crippen molar-refractivity contribution >= 4 is 17.1 Å². The van der Waals surface area contributed by atoms with Gasteiger partial charge in [-0.05, 0) is 30.4 Å². The first-order chi connectivity index (χ1) is 8.56. The van der Waals surface area contributed by atoms with Crippen molar-refractivity contribution in [3.63, 3.8) is 0 Å². The van der Waals surface area contributed by atoms with E-state index in [1.54, 1.807) is 19.2 Å². The maximum Gasteiger partial charge on any atom is 0.315 e. The summed E-state index contributed by atoms with van der Waals surface area (Å²) >= 11 is 0. The van der Waals surface area contributed by atoms with Gasteiger partial charge in [-0.3, -0.25) is 10.1 Å². The van der Waals surface area contributed by atoms with E-state index < -0.39 is 0 Å². The van der Waals surface area contributed by atoms with Gasteiger partial charge in [0.2, 0.25) is 0 Å². The maximum atomic E-state index is 11.1. The number of nitrogens with one attached hydrogen (secondary N) is 2. The third-order valence-corrected chi connectivity index (χ3v) is 3.75. The van der Waals surface area contributed by atoms with Crippen LogP contribution in [0.15, 0.2) is 18.2 Å². The molecule has 1 saturated carbocycles. The lowest BCUT2D eigenvalue weighted by Crippen LogP contribution is -2.33. The van der Waals surface area contributed by atoms with Crippen LogP contribution in [0, 0.1) is 15.5 Å². The fourth-order valence-corrected chi connectivity index (χ4v) is 2.35. The Morgan fingerprint density at radius 1 is 1.39 bits per heavy atom. The second-order valence-corrected chi connectivity index (χ2v) is 5.23. The molecule has 0 amide bonds. The highest BCUT2D eigenvalue weighted by molar-refractivity contribution is 5.76. The average molecular weight is 249 g/mol. The SMILES string of the molecule is CNc1cccc(NCC2(C)CCC2)c1[N+](=O)[O-]. The van der Waals surface area contributed by atoms with Crippen LogP contribution in [-0.2, 0) is 0 Å². The Bertz CT molecular complexity index is 456. The Hall–Kier alpha value is -1.78. The summed E-state index contributed by atoms with van der Waals surface area (Å²) in [7, 11) is 1.69. The first-order valence-electron chi connectivity index (χ1n) is 6.25. The summed E-state index contributed by atoms with van der Waals surface area (Å²) in [6.45, 7) is 3.01. The summed E-state index contributed by atoms with van der Waals surface area (Å²) in [5.41, 5.74) is 1.57. The number of para-hydroxylation sites is 1. The first-order valence-corrected chi connectivity index (χ1v) is 6.25. The lowest BCUT2D eigenvalue weighted by molar-refractivity contribution is -0.383. The molecule has 98 valence electrons. The molecule has 0 saturated heterocycles. The monoisotopic (exact) mass is 249 g/mol. The molecule has 0 radical (unpaired) electrons. The highest BCUT2D eigenvalue weighted by Gasteiger charge is 2.32. The van der Waals surface area contributed by atoms with Crippen LogP contribution in [-0.4, -0.2) is 18.5 Å². The fourth-order valence-electron chi connectivity index (χ4n) is 2.35. The molecule has 5 heteroatoms. The summed E-state index contributed by atoms with van der Waals surface area (Å²) in [4.78, 5) is 10.8. The molecule has 0 spiro atoms. The van der Waals surface area contributed by atoms with Gasteiger partial charge in [-0.1, -0.05) is 19.4 Å². The first kappa shape index (κ1) is 12.7. The van der Waals surface area contributed by atoms with Crippen molar-refractivity contribution in [2.45, 2.75) is 26.2 Å². The number of rotatable bonds is 5. The minimum Gasteiger partial charge on any atom is -0.382 e. The van der Waals surface area contributed by atoms with Crippen molar-refractivity contribution in [2.24, 2.45) is 5.41 Å². The standard InChI is InChI=1S/C13H19N3O2/c1-13(7-4-8-13)9-15-11-6-3-5-10(14-2)12(11)16(17)18/h3,5-6,14-15H,4,7-9H2,1-2H3. The molecule has 2 rings (SSSR count). The molecule has 0 bridgehead atoms. The number of anilines is 2. The van der Waals surface area contributed by atoms with E-state index in [2.05, 4.69) is 17.6 Å². The molecule has 0 heterocycles. The third kappa shape index (κ3) is 2.39. The van der Waals surface area contributed by atoms with Gasteiger partial charge < -0.3 is 10.6 Å². The second-order valence-electron chi connectivity index (χ2n) is 5.23. The molecule has 2 N–H and O–H groups in total. The van der Waals surface area contributed by atoms with Crippen LogP contribution in [0.25, 0.3) is 0 Å². The molecule has 1 aromatic carbocycles. The lowest BCUT2D eigenvalue weighted by atomic mass is 9.70. The Morgan fingerprint density at radius 2 is 2.06 bits per heavy atom. The number of benzene rings is 1. The van der Waals surface area contributed by atoms with Crippen LogP contribution in [0.4, 0.5) is 17.1 Å². The smallest absolute Gasteiger partial charge is 0.315 e. The van der Waals surface area contributed by atoms with Crippen molar-refractivity contribution in [2.75, 3.05) is 24.2 Å². The van der Waals surface area contributed by atoms with E-state index in [1.165, 1.54) is 19.3 Å². The van der Waals surface area contributed by atoms with Crippen LogP contribution in [0.1, 0.15) is 26.2 Å². The van der Waals surface area contributed by atoms with Gasteiger partial charge in [-0.25, -0.2) is 0 Å². The Balaban J connectivity index is 2.18. The number of nitro groups is 1. The van der Waals surface area contributed by atoms with Crippen LogP contribution in [0.2, 0.25) is 0 Å². The molecule has 5 nitrogen and oxygen atoms in total. The Kier molecular flexibility index (Phi) is 3.41. The molecular weight excluding hydrogens is 230 g/mol. The van der Waals surface area contributed by atoms with Crippen LogP contribution >= 0.6 is 0 Å². The van der Waals surface area contributed by atoms with Gasteiger partial charge in [-0.2, -0.15) is 0 Å². The van der Waals surface area contributed by atoms with E-state index in [4.69, 9.17) is 0 Å². The zero-order valence-electron chi connectivity index (χ0n) is 10.8. The van der Waals surface area contributed by atoms with Crippen LogP contribution < -0.4 is 10.6 Å². The molecular formula is C13H19N3O2. The van der Waals surface area contributed by atoms with Gasteiger partial charge in [0.1, 0.15) is 11.4 Å². The minimum absolute atomic E-state index is 0.128. The molecule has 1 aliphatic rings.